The second-order valence-corrected chi connectivity index (χ2v) is 10.1. The minimum Gasteiger partial charge on any atom is -0.494 e. The van der Waals surface area contributed by atoms with E-state index in [9.17, 15) is 5.11 Å². The lowest BCUT2D eigenvalue weighted by Gasteiger charge is -2.42. The van der Waals surface area contributed by atoms with E-state index in [1.165, 1.54) is 0 Å². The summed E-state index contributed by atoms with van der Waals surface area (Å²) in [6.07, 6.45) is 2.40. The van der Waals surface area contributed by atoms with Gasteiger partial charge >= 0.3 is 0 Å². The van der Waals surface area contributed by atoms with E-state index in [2.05, 4.69) is 30.3 Å². The van der Waals surface area contributed by atoms with Crippen molar-refractivity contribution < 1.29 is 24.1 Å². The van der Waals surface area contributed by atoms with Gasteiger partial charge in [-0.15, -0.1) is 0 Å². The second kappa shape index (κ2) is 10.9. The van der Waals surface area contributed by atoms with E-state index in [0.717, 1.165) is 28.0 Å². The smallest absolute Gasteiger partial charge is 0.198 e. The van der Waals surface area contributed by atoms with Crippen molar-refractivity contribution >= 4 is 11.6 Å². The van der Waals surface area contributed by atoms with Gasteiger partial charge in [0.15, 0.2) is 5.79 Å². The molecule has 0 radical (unpaired) electrons. The van der Waals surface area contributed by atoms with Crippen LogP contribution in [0.5, 0.6) is 5.75 Å². The highest BCUT2D eigenvalue weighted by molar-refractivity contribution is 6.31. The van der Waals surface area contributed by atoms with Crippen molar-refractivity contribution in [1.82, 2.24) is 0 Å². The Labute approximate surface area is 217 Å². The van der Waals surface area contributed by atoms with Crippen LogP contribution in [0.15, 0.2) is 72.8 Å². The molecule has 5 nitrogen and oxygen atoms in total. The molecule has 36 heavy (non-hydrogen) atoms. The molecule has 0 spiro atoms. The molecular formula is C30H33ClO5. The zero-order valence-electron chi connectivity index (χ0n) is 20.6. The number of aliphatic hydroxyl groups excluding tert-OH is 1. The van der Waals surface area contributed by atoms with Gasteiger partial charge in [0.2, 0.25) is 0 Å². The summed E-state index contributed by atoms with van der Waals surface area (Å²) in [5, 5.41) is 10.5. The normalized spacial score (nSPS) is 25.1. The molecule has 6 heteroatoms. The number of aliphatic hydroxyl groups is 1. The molecule has 0 amide bonds. The van der Waals surface area contributed by atoms with E-state index in [-0.39, 0.29) is 12.7 Å². The van der Waals surface area contributed by atoms with Crippen molar-refractivity contribution in [1.29, 1.82) is 0 Å². The topological polar surface area (TPSA) is 57.2 Å². The molecule has 0 saturated carbocycles. The van der Waals surface area contributed by atoms with E-state index in [4.69, 9.17) is 30.5 Å². The predicted octanol–water partition coefficient (Wildman–Crippen LogP) is 6.03. The Balaban J connectivity index is 1.38. The summed E-state index contributed by atoms with van der Waals surface area (Å²) in [7, 11) is 0. The zero-order valence-corrected chi connectivity index (χ0v) is 21.4. The van der Waals surface area contributed by atoms with E-state index in [1.54, 1.807) is 0 Å². The quantitative estimate of drug-likeness (QED) is 0.362. The van der Waals surface area contributed by atoms with Crippen molar-refractivity contribution in [2.75, 3.05) is 19.8 Å². The first-order chi connectivity index (χ1) is 17.5. The van der Waals surface area contributed by atoms with Crippen LogP contribution in [-0.4, -0.2) is 36.6 Å². The van der Waals surface area contributed by atoms with Gasteiger partial charge in [-0.2, -0.15) is 0 Å². The van der Waals surface area contributed by atoms with Gasteiger partial charge < -0.3 is 24.1 Å². The highest BCUT2D eigenvalue weighted by atomic mass is 35.5. The van der Waals surface area contributed by atoms with Gasteiger partial charge in [0.25, 0.3) is 0 Å². The first kappa shape index (κ1) is 25.2. The first-order valence-corrected chi connectivity index (χ1v) is 13.0. The monoisotopic (exact) mass is 508 g/mol. The summed E-state index contributed by atoms with van der Waals surface area (Å²) in [6.45, 7) is 3.61. The van der Waals surface area contributed by atoms with E-state index in [0.29, 0.717) is 50.5 Å². The molecule has 2 aliphatic rings. The summed E-state index contributed by atoms with van der Waals surface area (Å²) in [6, 6.07) is 24.3. The second-order valence-electron chi connectivity index (χ2n) is 9.69. The maximum atomic E-state index is 9.78. The fraction of sp³-hybridized carbons (Fsp3) is 0.400. The predicted molar refractivity (Wildman–Crippen MR) is 139 cm³/mol. The van der Waals surface area contributed by atoms with E-state index >= 15 is 0 Å². The number of fused-ring (bicyclic) bond motifs is 2. The molecule has 2 aliphatic heterocycles. The summed E-state index contributed by atoms with van der Waals surface area (Å²) >= 11 is 6.62. The van der Waals surface area contributed by atoms with Crippen LogP contribution < -0.4 is 4.74 Å². The molecular weight excluding hydrogens is 476 g/mol. The lowest BCUT2D eigenvalue weighted by molar-refractivity contribution is -0.252. The van der Waals surface area contributed by atoms with Crippen LogP contribution in [0, 0.1) is 0 Å². The summed E-state index contributed by atoms with van der Waals surface area (Å²) in [4.78, 5) is 0. The molecule has 5 rings (SSSR count). The molecule has 3 atom stereocenters. The first-order valence-electron chi connectivity index (χ1n) is 12.6. The van der Waals surface area contributed by atoms with Crippen LogP contribution in [0.2, 0.25) is 5.02 Å². The highest BCUT2D eigenvalue weighted by Crippen LogP contribution is 2.51. The molecule has 1 unspecified atom stereocenters. The number of rotatable bonds is 10. The van der Waals surface area contributed by atoms with Crippen LogP contribution in [-0.2, 0) is 33.0 Å². The molecule has 0 aromatic heterocycles. The zero-order chi connectivity index (χ0) is 25.0. The maximum absolute atomic E-state index is 9.78. The molecule has 2 saturated heterocycles. The van der Waals surface area contributed by atoms with Crippen molar-refractivity contribution in [2.45, 2.75) is 56.7 Å². The van der Waals surface area contributed by atoms with Gasteiger partial charge in [-0.25, -0.2) is 0 Å². The van der Waals surface area contributed by atoms with Crippen LogP contribution in [0.1, 0.15) is 48.4 Å². The standard InChI is InChI=1S/C30H33ClO5/c1-2-33-26-11-8-22(9-12-26)16-24-17-25(10-13-28(24)31)30-19-27(34-20-23-6-4-3-5-7-23)18-29(36-30,14-15-32)21-35-30/h3-13,17,27,32H,2,14-16,18-21H2,1H3/t27?,29-,30-/m1/s1. The lowest BCUT2D eigenvalue weighted by atomic mass is 9.86. The summed E-state index contributed by atoms with van der Waals surface area (Å²) < 4.78 is 25.0. The van der Waals surface area contributed by atoms with Gasteiger partial charge in [-0.05, 0) is 54.3 Å². The Morgan fingerprint density at radius 2 is 1.81 bits per heavy atom. The van der Waals surface area contributed by atoms with E-state index < -0.39 is 11.4 Å². The summed E-state index contributed by atoms with van der Waals surface area (Å²) in [5.74, 6) is -0.0656. The van der Waals surface area contributed by atoms with E-state index in [1.807, 2.05) is 49.4 Å². The van der Waals surface area contributed by atoms with Gasteiger partial charge in [0.1, 0.15) is 11.4 Å². The number of ether oxygens (including phenoxy) is 4. The fourth-order valence-corrected chi connectivity index (χ4v) is 5.46. The number of benzene rings is 3. The molecule has 3 aromatic carbocycles. The van der Waals surface area contributed by atoms with Crippen molar-refractivity contribution in [2.24, 2.45) is 0 Å². The largest absolute Gasteiger partial charge is 0.494 e. The third-order valence-corrected chi connectivity index (χ3v) is 7.42. The van der Waals surface area contributed by atoms with Crippen LogP contribution in [0.3, 0.4) is 0 Å². The minimum absolute atomic E-state index is 0.0362. The molecule has 190 valence electrons. The Morgan fingerprint density at radius 3 is 2.56 bits per heavy atom. The number of hydrogen-bond acceptors (Lipinski definition) is 5. The Bertz CT molecular complexity index is 1150. The average Bonchev–Trinajstić information content (AvgIpc) is 3.17. The summed E-state index contributed by atoms with van der Waals surface area (Å²) in [5.41, 5.74) is 3.65. The van der Waals surface area contributed by atoms with Crippen LogP contribution in [0.25, 0.3) is 0 Å². The van der Waals surface area contributed by atoms with Crippen LogP contribution >= 0.6 is 11.6 Å². The Hall–Kier alpha value is -2.41. The molecule has 1 N–H and O–H groups in total. The van der Waals surface area contributed by atoms with Crippen molar-refractivity contribution in [3.63, 3.8) is 0 Å². The molecule has 2 heterocycles. The minimum atomic E-state index is -0.924. The molecule has 2 fully saturated rings. The van der Waals surface area contributed by atoms with Gasteiger partial charge in [0.05, 0.1) is 25.9 Å². The SMILES string of the molecule is CCOc1ccc(Cc2cc([C@]34CC(OCc5ccccc5)C[C@](CCO)(CO3)O4)ccc2Cl)cc1. The molecule has 0 aliphatic carbocycles. The Kier molecular flexibility index (Phi) is 7.65. The Morgan fingerprint density at radius 1 is 1.00 bits per heavy atom. The third kappa shape index (κ3) is 5.46. The molecule has 3 aromatic rings. The van der Waals surface area contributed by atoms with Gasteiger partial charge in [0, 0.05) is 36.5 Å². The fourth-order valence-electron chi connectivity index (χ4n) is 5.28. The highest BCUT2D eigenvalue weighted by Gasteiger charge is 2.57. The van der Waals surface area contributed by atoms with Crippen LogP contribution in [0.4, 0.5) is 0 Å². The van der Waals surface area contributed by atoms with Crippen molar-refractivity contribution in [3.8, 4) is 5.75 Å². The maximum Gasteiger partial charge on any atom is 0.198 e. The number of hydrogen-bond donors (Lipinski definition) is 1. The number of halogens is 1. The third-order valence-electron chi connectivity index (χ3n) is 7.06. The van der Waals surface area contributed by atoms with Gasteiger partial charge in [-0.3, -0.25) is 0 Å². The lowest BCUT2D eigenvalue weighted by Crippen LogP contribution is -2.47. The average molecular weight is 509 g/mol. The van der Waals surface area contributed by atoms with Gasteiger partial charge in [-0.1, -0.05) is 60.1 Å². The molecule has 2 bridgehead atoms. The van der Waals surface area contributed by atoms with Crippen molar-refractivity contribution in [3.05, 3.63) is 100 Å².